The third-order valence-corrected chi connectivity index (χ3v) is 6.07. The molecule has 0 unspecified atom stereocenters. The Morgan fingerprint density at radius 1 is 0.871 bits per heavy atom. The van der Waals surface area contributed by atoms with E-state index >= 15 is 0 Å². The van der Waals surface area contributed by atoms with Crippen molar-refractivity contribution in [3.05, 3.63) is 107 Å². The molecule has 3 aromatic rings. The molecule has 0 fully saturated rings. The highest BCUT2D eigenvalue weighted by molar-refractivity contribution is 5.79. The number of aliphatic hydroxyl groups excluding tert-OH is 2. The molecule has 31 heavy (non-hydrogen) atoms. The maximum Gasteiger partial charge on any atom is 0.224 e. The fourth-order valence-corrected chi connectivity index (χ4v) is 4.50. The number of nitrogens with one attached hydrogen (secondary N) is 1. The van der Waals surface area contributed by atoms with E-state index in [1.54, 1.807) is 0 Å². The van der Waals surface area contributed by atoms with E-state index in [-0.39, 0.29) is 11.8 Å². The normalized spacial score (nSPS) is 19.4. The molecule has 3 aromatic carbocycles. The largest absolute Gasteiger partial charge is 0.393 e. The second kappa shape index (κ2) is 9.90. The number of hydrogen-bond acceptors (Lipinski definition) is 3. The van der Waals surface area contributed by atoms with Crippen LogP contribution in [0.1, 0.15) is 34.7 Å². The minimum atomic E-state index is -0.632. The summed E-state index contributed by atoms with van der Waals surface area (Å²) < 4.78 is 0. The number of benzene rings is 3. The topological polar surface area (TPSA) is 69.6 Å². The van der Waals surface area contributed by atoms with E-state index in [0.29, 0.717) is 25.7 Å². The zero-order valence-electron chi connectivity index (χ0n) is 17.5. The van der Waals surface area contributed by atoms with E-state index in [9.17, 15) is 15.0 Å². The number of amides is 1. The summed E-state index contributed by atoms with van der Waals surface area (Å²) in [6, 6.07) is 27.1. The lowest BCUT2D eigenvalue weighted by atomic mass is 9.90. The molecule has 0 saturated heterocycles. The molecule has 4 nitrogen and oxygen atoms in total. The van der Waals surface area contributed by atoms with Gasteiger partial charge in [-0.15, -0.1) is 0 Å². The predicted octanol–water partition coefficient (Wildman–Crippen LogP) is 3.61. The number of hydrogen-bond donors (Lipinski definition) is 3. The summed E-state index contributed by atoms with van der Waals surface area (Å²) in [6.07, 6.45) is 0.703. The second-order valence-electron chi connectivity index (χ2n) is 8.42. The Morgan fingerprint density at radius 3 is 2.13 bits per heavy atom. The lowest BCUT2D eigenvalue weighted by molar-refractivity contribution is -0.127. The van der Waals surface area contributed by atoms with Crippen molar-refractivity contribution < 1.29 is 15.0 Å². The van der Waals surface area contributed by atoms with Gasteiger partial charge >= 0.3 is 0 Å². The second-order valence-corrected chi connectivity index (χ2v) is 8.42. The van der Waals surface area contributed by atoms with Crippen LogP contribution in [-0.4, -0.2) is 28.3 Å². The van der Waals surface area contributed by atoms with E-state index in [4.69, 9.17) is 0 Å². The van der Waals surface area contributed by atoms with Gasteiger partial charge in [-0.1, -0.05) is 84.9 Å². The third-order valence-electron chi connectivity index (χ3n) is 6.07. The average molecular weight is 416 g/mol. The van der Waals surface area contributed by atoms with Crippen LogP contribution in [0.25, 0.3) is 0 Å². The highest BCUT2D eigenvalue weighted by Crippen LogP contribution is 2.32. The molecule has 0 spiro atoms. The van der Waals surface area contributed by atoms with Crippen molar-refractivity contribution in [3.63, 3.8) is 0 Å². The lowest BCUT2D eigenvalue weighted by Gasteiger charge is -2.24. The van der Waals surface area contributed by atoms with Gasteiger partial charge in [-0.05, 0) is 41.5 Å². The fourth-order valence-electron chi connectivity index (χ4n) is 4.50. The summed E-state index contributed by atoms with van der Waals surface area (Å²) in [4.78, 5) is 13.3. The number of rotatable bonds is 8. The van der Waals surface area contributed by atoms with E-state index in [1.165, 1.54) is 0 Å². The summed E-state index contributed by atoms with van der Waals surface area (Å²) in [7, 11) is 0. The van der Waals surface area contributed by atoms with Crippen LogP contribution in [0.15, 0.2) is 84.9 Å². The Bertz CT molecular complexity index is 990. The van der Waals surface area contributed by atoms with Crippen molar-refractivity contribution >= 4 is 5.91 Å². The molecular weight excluding hydrogens is 386 g/mol. The molecule has 0 aromatic heterocycles. The first-order chi connectivity index (χ1) is 15.1. The van der Waals surface area contributed by atoms with Crippen molar-refractivity contribution in [2.75, 3.05) is 0 Å². The predicted molar refractivity (Wildman–Crippen MR) is 121 cm³/mol. The first-order valence-corrected chi connectivity index (χ1v) is 10.9. The quantitative estimate of drug-likeness (QED) is 0.526. The molecule has 0 aliphatic heterocycles. The Balaban J connectivity index is 1.48. The van der Waals surface area contributed by atoms with Gasteiger partial charge < -0.3 is 15.5 Å². The molecule has 160 valence electrons. The van der Waals surface area contributed by atoms with Gasteiger partial charge in [-0.25, -0.2) is 0 Å². The van der Waals surface area contributed by atoms with Crippen molar-refractivity contribution in [2.45, 2.75) is 43.9 Å². The van der Waals surface area contributed by atoms with Crippen LogP contribution in [0.4, 0.5) is 0 Å². The minimum Gasteiger partial charge on any atom is -0.393 e. The summed E-state index contributed by atoms with van der Waals surface area (Å²) in [6.45, 7) is 0. The van der Waals surface area contributed by atoms with Crippen LogP contribution in [0.5, 0.6) is 0 Å². The van der Waals surface area contributed by atoms with Crippen LogP contribution in [-0.2, 0) is 24.1 Å². The van der Waals surface area contributed by atoms with E-state index in [1.807, 2.05) is 84.9 Å². The Morgan fingerprint density at radius 2 is 1.45 bits per heavy atom. The maximum absolute atomic E-state index is 13.3. The molecule has 4 atom stereocenters. The van der Waals surface area contributed by atoms with Gasteiger partial charge in [-0.2, -0.15) is 0 Å². The monoisotopic (exact) mass is 415 g/mol. The van der Waals surface area contributed by atoms with E-state index in [2.05, 4.69) is 5.32 Å². The van der Waals surface area contributed by atoms with E-state index in [0.717, 1.165) is 22.3 Å². The molecule has 1 aliphatic carbocycles. The molecule has 4 rings (SSSR count). The van der Waals surface area contributed by atoms with E-state index < -0.39 is 18.2 Å². The average Bonchev–Trinajstić information content (AvgIpc) is 3.09. The standard InChI is InChI=1S/C27H29NO3/c29-23(16-20-11-5-2-6-12-20)17-22(15-19-9-3-1-4-10-19)27(31)28-26-24-14-8-7-13-21(24)18-25(26)30/h1-14,22-23,25-26,29-30H,15-18H2,(H,28,31)/t22-,23+,25+,26-/m0/s1. The summed E-state index contributed by atoms with van der Waals surface area (Å²) >= 11 is 0. The molecule has 0 bridgehead atoms. The van der Waals surface area contributed by atoms with Gasteiger partial charge in [0.2, 0.25) is 5.91 Å². The van der Waals surface area contributed by atoms with Gasteiger partial charge in [0.05, 0.1) is 18.2 Å². The molecule has 4 heteroatoms. The third kappa shape index (κ3) is 5.40. The van der Waals surface area contributed by atoms with Crippen LogP contribution < -0.4 is 5.32 Å². The van der Waals surface area contributed by atoms with Crippen molar-refractivity contribution in [1.29, 1.82) is 0 Å². The number of carbonyl (C=O) groups excluding carboxylic acids is 1. The number of carbonyl (C=O) groups is 1. The molecule has 0 heterocycles. The van der Waals surface area contributed by atoms with Crippen LogP contribution in [0.3, 0.4) is 0 Å². The highest BCUT2D eigenvalue weighted by atomic mass is 16.3. The first kappa shape index (κ1) is 21.3. The summed E-state index contributed by atoms with van der Waals surface area (Å²) in [5, 5.41) is 24.4. The van der Waals surface area contributed by atoms with Crippen LogP contribution >= 0.6 is 0 Å². The van der Waals surface area contributed by atoms with Gasteiger partial charge in [0.25, 0.3) is 0 Å². The molecular formula is C27H29NO3. The van der Waals surface area contributed by atoms with Crippen molar-refractivity contribution in [3.8, 4) is 0 Å². The molecule has 0 radical (unpaired) electrons. The molecule has 1 aliphatic rings. The van der Waals surface area contributed by atoms with Gasteiger partial charge in [0.15, 0.2) is 0 Å². The zero-order chi connectivity index (χ0) is 21.6. The summed E-state index contributed by atoms with van der Waals surface area (Å²) in [5.74, 6) is -0.516. The maximum atomic E-state index is 13.3. The van der Waals surface area contributed by atoms with Crippen molar-refractivity contribution in [1.82, 2.24) is 5.32 Å². The first-order valence-electron chi connectivity index (χ1n) is 10.9. The zero-order valence-corrected chi connectivity index (χ0v) is 17.5. The molecule has 1 amide bonds. The van der Waals surface area contributed by atoms with Crippen LogP contribution in [0, 0.1) is 5.92 Å². The molecule has 0 saturated carbocycles. The van der Waals surface area contributed by atoms with Gasteiger partial charge in [-0.3, -0.25) is 4.79 Å². The Hall–Kier alpha value is -2.95. The smallest absolute Gasteiger partial charge is 0.224 e. The summed E-state index contributed by atoms with van der Waals surface area (Å²) in [5.41, 5.74) is 4.16. The Labute approximate surface area is 183 Å². The highest BCUT2D eigenvalue weighted by Gasteiger charge is 2.34. The molecule has 3 N–H and O–H groups in total. The Kier molecular flexibility index (Phi) is 6.80. The minimum absolute atomic E-state index is 0.128. The van der Waals surface area contributed by atoms with Gasteiger partial charge in [0.1, 0.15) is 0 Å². The fraction of sp³-hybridized carbons (Fsp3) is 0.296. The van der Waals surface area contributed by atoms with Crippen molar-refractivity contribution in [2.24, 2.45) is 5.92 Å². The van der Waals surface area contributed by atoms with Gasteiger partial charge in [0, 0.05) is 12.3 Å². The van der Waals surface area contributed by atoms with Crippen LogP contribution in [0.2, 0.25) is 0 Å². The lowest BCUT2D eigenvalue weighted by Crippen LogP contribution is -2.39. The number of fused-ring (bicyclic) bond motifs is 1. The number of aliphatic hydroxyl groups is 2. The SMILES string of the molecule is O=C(N[C@H]1c2ccccc2C[C@H]1O)[C@@H](Cc1ccccc1)C[C@H](O)Cc1ccccc1.